The topological polar surface area (TPSA) is 58.3 Å². The van der Waals surface area contributed by atoms with Crippen LogP contribution in [0.2, 0.25) is 0 Å². The van der Waals surface area contributed by atoms with Crippen molar-refractivity contribution in [1.29, 1.82) is 0 Å². The van der Waals surface area contributed by atoms with Crippen molar-refractivity contribution in [3.8, 4) is 0 Å². The fourth-order valence-corrected chi connectivity index (χ4v) is 3.08. The van der Waals surface area contributed by atoms with E-state index in [-0.39, 0.29) is 0 Å². The van der Waals surface area contributed by atoms with Gasteiger partial charge in [0, 0.05) is 17.6 Å². The molecule has 0 saturated heterocycles. The molecular weight excluding hydrogens is 292 g/mol. The summed E-state index contributed by atoms with van der Waals surface area (Å²) in [6, 6.07) is 5.85. The minimum Gasteiger partial charge on any atom is -0.397 e. The van der Waals surface area contributed by atoms with Crippen LogP contribution >= 0.6 is 15.9 Å². The van der Waals surface area contributed by atoms with E-state index in [9.17, 15) is 5.11 Å². The van der Waals surface area contributed by atoms with Crippen molar-refractivity contribution in [3.63, 3.8) is 0 Å². The zero-order valence-electron chi connectivity index (χ0n) is 10.5. The quantitative estimate of drug-likeness (QED) is 0.748. The Morgan fingerprint density at radius 2 is 2.00 bits per heavy atom. The third-order valence-electron chi connectivity index (χ3n) is 3.87. The summed E-state index contributed by atoms with van der Waals surface area (Å²) >= 11 is 3.45. The van der Waals surface area contributed by atoms with Crippen molar-refractivity contribution >= 4 is 27.3 Å². The Bertz CT molecular complexity index is 397. The molecule has 0 heterocycles. The van der Waals surface area contributed by atoms with Crippen molar-refractivity contribution in [2.24, 2.45) is 11.8 Å². The molecule has 1 aromatic carbocycles. The summed E-state index contributed by atoms with van der Waals surface area (Å²) in [4.78, 5) is 0. The number of hydrogen-bond donors (Lipinski definition) is 3. The standard InChI is InChI=1S/C14H21BrN2O/c15-12-5-6-13(16)14(7-12)17-8-10-3-1-2-4-11(10)9-18/h5-7,10-11,17-18H,1-4,8-9,16H2. The normalized spacial score (nSPS) is 23.9. The molecule has 2 unspecified atom stereocenters. The minimum absolute atomic E-state index is 0.306. The van der Waals surface area contributed by atoms with Gasteiger partial charge in [-0.1, -0.05) is 28.8 Å². The number of nitrogens with one attached hydrogen (secondary N) is 1. The molecule has 1 aromatic rings. The summed E-state index contributed by atoms with van der Waals surface area (Å²) in [5.41, 5.74) is 7.69. The number of rotatable bonds is 4. The second-order valence-corrected chi connectivity index (χ2v) is 6.02. The molecule has 0 radical (unpaired) electrons. The van der Waals surface area contributed by atoms with Gasteiger partial charge in [0.1, 0.15) is 0 Å². The number of halogens is 1. The van der Waals surface area contributed by atoms with Crippen LogP contribution in [0.1, 0.15) is 25.7 Å². The van der Waals surface area contributed by atoms with Gasteiger partial charge in [-0.15, -0.1) is 0 Å². The van der Waals surface area contributed by atoms with Crippen molar-refractivity contribution in [2.45, 2.75) is 25.7 Å². The van der Waals surface area contributed by atoms with Crippen LogP contribution in [0.25, 0.3) is 0 Å². The van der Waals surface area contributed by atoms with E-state index in [1.54, 1.807) is 0 Å². The highest BCUT2D eigenvalue weighted by Crippen LogP contribution is 2.31. The zero-order valence-corrected chi connectivity index (χ0v) is 12.1. The van der Waals surface area contributed by atoms with E-state index >= 15 is 0 Å². The third kappa shape index (κ3) is 3.39. The molecule has 1 aliphatic rings. The first-order valence-corrected chi connectivity index (χ1v) is 7.39. The summed E-state index contributed by atoms with van der Waals surface area (Å²) < 4.78 is 1.03. The molecule has 1 aliphatic carbocycles. The molecule has 2 atom stereocenters. The van der Waals surface area contributed by atoms with Crippen LogP contribution in [-0.4, -0.2) is 18.3 Å². The van der Waals surface area contributed by atoms with Gasteiger partial charge in [-0.3, -0.25) is 0 Å². The monoisotopic (exact) mass is 312 g/mol. The molecular formula is C14H21BrN2O. The average Bonchev–Trinajstić information content (AvgIpc) is 2.40. The van der Waals surface area contributed by atoms with Gasteiger partial charge >= 0.3 is 0 Å². The highest BCUT2D eigenvalue weighted by atomic mass is 79.9. The Morgan fingerprint density at radius 1 is 1.28 bits per heavy atom. The van der Waals surface area contributed by atoms with Crippen molar-refractivity contribution in [3.05, 3.63) is 22.7 Å². The molecule has 0 aromatic heterocycles. The van der Waals surface area contributed by atoms with Gasteiger partial charge in [0.05, 0.1) is 11.4 Å². The highest BCUT2D eigenvalue weighted by molar-refractivity contribution is 9.10. The molecule has 0 aliphatic heterocycles. The second-order valence-electron chi connectivity index (χ2n) is 5.10. The zero-order chi connectivity index (χ0) is 13.0. The fraction of sp³-hybridized carbons (Fsp3) is 0.571. The average molecular weight is 313 g/mol. The van der Waals surface area contributed by atoms with Crippen molar-refractivity contribution < 1.29 is 5.11 Å². The fourth-order valence-electron chi connectivity index (χ4n) is 2.72. The molecule has 3 nitrogen and oxygen atoms in total. The Hall–Kier alpha value is -0.740. The van der Waals surface area contributed by atoms with E-state index in [1.807, 2.05) is 18.2 Å². The molecule has 18 heavy (non-hydrogen) atoms. The van der Waals surface area contributed by atoms with E-state index in [0.29, 0.717) is 18.4 Å². The van der Waals surface area contributed by atoms with Crippen molar-refractivity contribution in [2.75, 3.05) is 24.2 Å². The number of benzene rings is 1. The van der Waals surface area contributed by atoms with Crippen LogP contribution in [0, 0.1) is 11.8 Å². The lowest BCUT2D eigenvalue weighted by Crippen LogP contribution is -2.28. The predicted octanol–water partition coefficient (Wildman–Crippen LogP) is 3.24. The van der Waals surface area contributed by atoms with E-state index < -0.39 is 0 Å². The van der Waals surface area contributed by atoms with E-state index in [0.717, 1.165) is 28.8 Å². The molecule has 1 saturated carbocycles. The molecule has 4 heteroatoms. The van der Waals surface area contributed by atoms with Gasteiger partial charge < -0.3 is 16.2 Å². The first-order valence-electron chi connectivity index (χ1n) is 6.60. The predicted molar refractivity (Wildman–Crippen MR) is 79.6 cm³/mol. The highest BCUT2D eigenvalue weighted by Gasteiger charge is 2.24. The molecule has 4 N–H and O–H groups in total. The Labute approximate surface area is 117 Å². The number of nitrogens with two attached hydrogens (primary N) is 1. The van der Waals surface area contributed by atoms with Gasteiger partial charge in [0.25, 0.3) is 0 Å². The Morgan fingerprint density at radius 3 is 2.72 bits per heavy atom. The maximum atomic E-state index is 9.40. The SMILES string of the molecule is Nc1ccc(Br)cc1NCC1CCCCC1CO. The van der Waals surface area contributed by atoms with Gasteiger partial charge in [-0.25, -0.2) is 0 Å². The largest absolute Gasteiger partial charge is 0.397 e. The minimum atomic E-state index is 0.306. The number of nitrogen functional groups attached to an aromatic ring is 1. The first-order chi connectivity index (χ1) is 8.70. The van der Waals surface area contributed by atoms with Crippen LogP contribution in [-0.2, 0) is 0 Å². The molecule has 100 valence electrons. The second kappa shape index (κ2) is 6.43. The summed E-state index contributed by atoms with van der Waals surface area (Å²) in [7, 11) is 0. The van der Waals surface area contributed by atoms with E-state index in [2.05, 4.69) is 21.2 Å². The lowest BCUT2D eigenvalue weighted by Gasteiger charge is -2.30. The molecule has 0 spiro atoms. The Balaban J connectivity index is 1.95. The number of anilines is 2. The lowest BCUT2D eigenvalue weighted by molar-refractivity contribution is 0.141. The van der Waals surface area contributed by atoms with Crippen LogP contribution in [0.15, 0.2) is 22.7 Å². The van der Waals surface area contributed by atoms with E-state index in [1.165, 1.54) is 19.3 Å². The summed E-state index contributed by atoms with van der Waals surface area (Å²) in [6.07, 6.45) is 4.88. The van der Waals surface area contributed by atoms with Gasteiger partial charge in [-0.05, 0) is 42.9 Å². The van der Waals surface area contributed by atoms with Gasteiger partial charge in [-0.2, -0.15) is 0 Å². The van der Waals surface area contributed by atoms with Crippen LogP contribution < -0.4 is 11.1 Å². The summed E-state index contributed by atoms with van der Waals surface area (Å²) in [6.45, 7) is 1.20. The summed E-state index contributed by atoms with van der Waals surface area (Å²) in [5, 5.41) is 12.8. The molecule has 0 bridgehead atoms. The van der Waals surface area contributed by atoms with Gasteiger partial charge in [0.15, 0.2) is 0 Å². The Kier molecular flexibility index (Phi) is 4.89. The van der Waals surface area contributed by atoms with Gasteiger partial charge in [0.2, 0.25) is 0 Å². The maximum absolute atomic E-state index is 9.40. The first kappa shape index (κ1) is 13.7. The molecule has 0 amide bonds. The number of aliphatic hydroxyl groups excluding tert-OH is 1. The summed E-state index contributed by atoms with van der Waals surface area (Å²) in [5.74, 6) is 1.00. The smallest absolute Gasteiger partial charge is 0.0585 e. The van der Waals surface area contributed by atoms with E-state index in [4.69, 9.17) is 5.73 Å². The third-order valence-corrected chi connectivity index (χ3v) is 4.36. The maximum Gasteiger partial charge on any atom is 0.0585 e. The number of aliphatic hydroxyl groups is 1. The molecule has 1 fully saturated rings. The van der Waals surface area contributed by atoms with Crippen LogP contribution in [0.5, 0.6) is 0 Å². The van der Waals surface area contributed by atoms with Crippen molar-refractivity contribution in [1.82, 2.24) is 0 Å². The lowest BCUT2D eigenvalue weighted by atomic mass is 9.79. The van der Waals surface area contributed by atoms with Crippen LogP contribution in [0.3, 0.4) is 0 Å². The van der Waals surface area contributed by atoms with Crippen LogP contribution in [0.4, 0.5) is 11.4 Å². The molecule has 2 rings (SSSR count). The number of hydrogen-bond acceptors (Lipinski definition) is 3.